The number of hydrogen-bond donors (Lipinski definition) is 2. The van der Waals surface area contributed by atoms with Gasteiger partial charge in [0.15, 0.2) is 0 Å². The van der Waals surface area contributed by atoms with Crippen molar-refractivity contribution >= 4 is 5.97 Å². The molecule has 24 heavy (non-hydrogen) atoms. The number of rotatable bonds is 5. The van der Waals surface area contributed by atoms with Crippen molar-refractivity contribution in [3.63, 3.8) is 0 Å². The lowest BCUT2D eigenvalue weighted by Crippen LogP contribution is -2.40. The van der Waals surface area contributed by atoms with Gasteiger partial charge in [0.1, 0.15) is 5.82 Å². The zero-order valence-electron chi connectivity index (χ0n) is 13.6. The van der Waals surface area contributed by atoms with E-state index in [9.17, 15) is 9.90 Å². The lowest BCUT2D eigenvalue weighted by Gasteiger charge is -2.25. The minimum Gasteiger partial charge on any atom is -0.481 e. The van der Waals surface area contributed by atoms with Gasteiger partial charge in [0.05, 0.1) is 12.0 Å². The predicted molar refractivity (Wildman–Crippen MR) is 89.1 cm³/mol. The van der Waals surface area contributed by atoms with Gasteiger partial charge in [-0.25, -0.2) is 4.98 Å². The summed E-state index contributed by atoms with van der Waals surface area (Å²) < 4.78 is 0. The number of aromatic amines is 1. The molecule has 0 amide bonds. The third-order valence-corrected chi connectivity index (χ3v) is 5.35. The number of H-pyrrole nitrogens is 1. The third-order valence-electron chi connectivity index (χ3n) is 5.35. The number of nitrogens with one attached hydrogen (secondary N) is 1. The van der Waals surface area contributed by atoms with Crippen LogP contribution in [0.4, 0.5) is 0 Å². The summed E-state index contributed by atoms with van der Waals surface area (Å²) in [4.78, 5) is 23.9. The van der Waals surface area contributed by atoms with Crippen molar-refractivity contribution in [2.45, 2.75) is 13.1 Å². The maximum absolute atomic E-state index is 12.1. The zero-order chi connectivity index (χ0) is 16.6. The highest BCUT2D eigenvalue weighted by Crippen LogP contribution is 2.43. The Balaban J connectivity index is 1.46. The van der Waals surface area contributed by atoms with Gasteiger partial charge in [0.25, 0.3) is 0 Å². The highest BCUT2D eigenvalue weighted by atomic mass is 16.4. The van der Waals surface area contributed by atoms with Crippen LogP contribution in [-0.4, -0.2) is 57.0 Å². The first-order valence-electron chi connectivity index (χ1n) is 8.36. The Morgan fingerprint density at radius 2 is 1.92 bits per heavy atom. The lowest BCUT2D eigenvalue weighted by molar-refractivity contribution is -0.149. The second-order valence-electron chi connectivity index (χ2n) is 7.02. The summed E-state index contributed by atoms with van der Waals surface area (Å²) in [6.45, 7) is 4.39. The number of imidazole rings is 1. The molecule has 6 nitrogen and oxygen atoms in total. The van der Waals surface area contributed by atoms with E-state index in [0.29, 0.717) is 19.6 Å². The van der Waals surface area contributed by atoms with Crippen LogP contribution in [0.5, 0.6) is 0 Å². The minimum atomic E-state index is -0.662. The molecule has 6 heteroatoms. The number of fused-ring (bicyclic) bond motifs is 1. The van der Waals surface area contributed by atoms with E-state index in [1.807, 2.05) is 18.2 Å². The van der Waals surface area contributed by atoms with Gasteiger partial charge < -0.3 is 10.1 Å². The Morgan fingerprint density at radius 1 is 1.21 bits per heavy atom. The van der Waals surface area contributed by atoms with Gasteiger partial charge in [-0.3, -0.25) is 14.6 Å². The first-order chi connectivity index (χ1) is 11.7. The second-order valence-corrected chi connectivity index (χ2v) is 7.02. The molecule has 2 aliphatic heterocycles. The van der Waals surface area contributed by atoms with Crippen molar-refractivity contribution in [2.24, 2.45) is 11.3 Å². The largest absolute Gasteiger partial charge is 0.481 e. The molecule has 2 saturated heterocycles. The summed E-state index contributed by atoms with van der Waals surface area (Å²) in [5, 5.41) is 9.93. The van der Waals surface area contributed by atoms with Crippen LogP contribution in [0.15, 0.2) is 42.7 Å². The normalized spacial score (nSPS) is 27.4. The van der Waals surface area contributed by atoms with Gasteiger partial charge in [-0.15, -0.1) is 0 Å². The second kappa shape index (κ2) is 6.03. The Kier molecular flexibility index (Phi) is 3.86. The predicted octanol–water partition coefficient (Wildman–Crippen LogP) is 1.43. The first kappa shape index (κ1) is 15.4. The molecular formula is C18H22N4O2. The van der Waals surface area contributed by atoms with Crippen LogP contribution in [0.1, 0.15) is 11.4 Å². The summed E-state index contributed by atoms with van der Waals surface area (Å²) in [7, 11) is 0. The van der Waals surface area contributed by atoms with E-state index in [4.69, 9.17) is 0 Å². The standard InChI is InChI=1S/C18H22N4O2/c23-17(24)18-12-21(8-14-4-2-1-3-5-14)9-15(18)10-22(13-18)11-16-19-6-7-20-16/h1-7,15H,8-13H2,(H,19,20)(H,23,24)/t15-,18-/m0/s1. The van der Waals surface area contributed by atoms with E-state index in [1.54, 1.807) is 12.4 Å². The molecule has 2 aliphatic rings. The van der Waals surface area contributed by atoms with Gasteiger partial charge in [0.2, 0.25) is 0 Å². The molecule has 2 N–H and O–H groups in total. The van der Waals surface area contributed by atoms with Gasteiger partial charge in [0, 0.05) is 51.0 Å². The lowest BCUT2D eigenvalue weighted by atomic mass is 9.81. The molecule has 2 atom stereocenters. The molecule has 2 fully saturated rings. The number of nitrogens with zero attached hydrogens (tertiary/aromatic N) is 3. The fourth-order valence-corrected chi connectivity index (χ4v) is 4.25. The molecule has 0 radical (unpaired) electrons. The minimum absolute atomic E-state index is 0.175. The van der Waals surface area contributed by atoms with Crippen molar-refractivity contribution in [3.8, 4) is 0 Å². The van der Waals surface area contributed by atoms with Crippen LogP contribution in [0.2, 0.25) is 0 Å². The van der Waals surface area contributed by atoms with Gasteiger partial charge in [-0.2, -0.15) is 0 Å². The van der Waals surface area contributed by atoms with Crippen molar-refractivity contribution in [3.05, 3.63) is 54.1 Å². The van der Waals surface area contributed by atoms with E-state index >= 15 is 0 Å². The molecule has 0 bridgehead atoms. The fraction of sp³-hybridized carbons (Fsp3) is 0.444. The molecule has 4 rings (SSSR count). The van der Waals surface area contributed by atoms with Crippen LogP contribution in [0.25, 0.3) is 0 Å². The van der Waals surface area contributed by atoms with E-state index in [0.717, 1.165) is 25.5 Å². The number of carboxylic acids is 1. The number of carboxylic acid groups (broad SMARTS) is 1. The molecule has 0 spiro atoms. The number of carbonyl (C=O) groups is 1. The molecule has 0 aliphatic carbocycles. The SMILES string of the molecule is O=C(O)[C@]12CN(Cc3ccccc3)C[C@H]1CN(Cc1ncc[nH]1)C2. The molecule has 1 aromatic heterocycles. The smallest absolute Gasteiger partial charge is 0.312 e. The third kappa shape index (κ3) is 2.72. The molecule has 0 saturated carbocycles. The van der Waals surface area contributed by atoms with Crippen LogP contribution in [-0.2, 0) is 17.9 Å². The Bertz CT molecular complexity index is 703. The van der Waals surface area contributed by atoms with Crippen LogP contribution in [0.3, 0.4) is 0 Å². The average Bonchev–Trinajstić information content (AvgIpc) is 3.24. The molecule has 0 unspecified atom stereocenters. The van der Waals surface area contributed by atoms with Crippen molar-refractivity contribution in [2.75, 3.05) is 26.2 Å². The van der Waals surface area contributed by atoms with Crippen molar-refractivity contribution in [1.29, 1.82) is 0 Å². The average molecular weight is 326 g/mol. The molecular weight excluding hydrogens is 304 g/mol. The van der Waals surface area contributed by atoms with Crippen molar-refractivity contribution in [1.82, 2.24) is 19.8 Å². The van der Waals surface area contributed by atoms with E-state index in [2.05, 4.69) is 31.9 Å². The monoisotopic (exact) mass is 326 g/mol. The van der Waals surface area contributed by atoms with Gasteiger partial charge in [-0.05, 0) is 5.56 Å². The highest BCUT2D eigenvalue weighted by Gasteiger charge is 2.57. The molecule has 126 valence electrons. The maximum Gasteiger partial charge on any atom is 0.312 e. The summed E-state index contributed by atoms with van der Waals surface area (Å²) >= 11 is 0. The van der Waals surface area contributed by atoms with E-state index < -0.39 is 11.4 Å². The van der Waals surface area contributed by atoms with Gasteiger partial charge in [-0.1, -0.05) is 30.3 Å². The molecule has 2 aromatic rings. The number of aromatic nitrogens is 2. The number of aliphatic carboxylic acids is 1. The number of benzene rings is 1. The Hall–Kier alpha value is -2.18. The summed E-state index contributed by atoms with van der Waals surface area (Å²) in [6, 6.07) is 10.3. The van der Waals surface area contributed by atoms with Crippen LogP contribution in [0, 0.1) is 11.3 Å². The van der Waals surface area contributed by atoms with Crippen LogP contribution >= 0.6 is 0 Å². The van der Waals surface area contributed by atoms with E-state index in [-0.39, 0.29) is 5.92 Å². The molecule has 3 heterocycles. The Labute approximate surface area is 141 Å². The summed E-state index contributed by atoms with van der Waals surface area (Å²) in [5.74, 6) is 0.412. The molecule has 1 aromatic carbocycles. The quantitative estimate of drug-likeness (QED) is 0.870. The number of hydrogen-bond acceptors (Lipinski definition) is 4. The van der Waals surface area contributed by atoms with E-state index in [1.165, 1.54) is 5.56 Å². The van der Waals surface area contributed by atoms with Gasteiger partial charge >= 0.3 is 5.97 Å². The topological polar surface area (TPSA) is 72.5 Å². The first-order valence-corrected chi connectivity index (χ1v) is 8.36. The van der Waals surface area contributed by atoms with Crippen molar-refractivity contribution < 1.29 is 9.90 Å². The highest BCUT2D eigenvalue weighted by molar-refractivity contribution is 5.77. The fourth-order valence-electron chi connectivity index (χ4n) is 4.25. The Morgan fingerprint density at radius 3 is 2.50 bits per heavy atom. The summed E-state index contributed by atoms with van der Waals surface area (Å²) in [5.41, 5.74) is 0.590. The summed E-state index contributed by atoms with van der Waals surface area (Å²) in [6.07, 6.45) is 3.54. The number of likely N-dealkylation sites (tertiary alicyclic amines) is 2. The zero-order valence-corrected chi connectivity index (χ0v) is 13.6. The van der Waals surface area contributed by atoms with Crippen LogP contribution < -0.4 is 0 Å². The maximum atomic E-state index is 12.1.